The van der Waals surface area contributed by atoms with E-state index in [9.17, 15) is 4.79 Å². The molecule has 0 spiro atoms. The number of hydrogen-bond donors (Lipinski definition) is 0. The van der Waals surface area contributed by atoms with Gasteiger partial charge in [0, 0.05) is 0 Å². The number of ketones is 1. The van der Waals surface area contributed by atoms with Crippen LogP contribution in [0.3, 0.4) is 0 Å². The topological polar surface area (TPSA) is 17.1 Å². The van der Waals surface area contributed by atoms with E-state index in [1.165, 1.54) is 4.46 Å². The molecule has 0 N–H and O–H groups in total. The normalized spacial score (nSPS) is 10.5. The summed E-state index contributed by atoms with van der Waals surface area (Å²) in [4.78, 5) is 11.4. The van der Waals surface area contributed by atoms with Crippen LogP contribution in [0.4, 0.5) is 0 Å². The number of benzene rings is 1. The Bertz CT molecular complexity index is 280. The van der Waals surface area contributed by atoms with Gasteiger partial charge >= 0.3 is 91.8 Å². The molecule has 76 valence electrons. The molecule has 1 nitrogen and oxygen atoms in total. The summed E-state index contributed by atoms with van der Waals surface area (Å²) in [5, 5.41) is 0.745. The fraction of sp³-hybridized carbons (Fsp3) is 0.417. The Balaban J connectivity index is 2.31. The van der Waals surface area contributed by atoms with Gasteiger partial charge < -0.3 is 0 Å². The van der Waals surface area contributed by atoms with Crippen molar-refractivity contribution < 1.29 is 4.79 Å². The van der Waals surface area contributed by atoms with Crippen molar-refractivity contribution in [1.29, 1.82) is 0 Å². The molecule has 0 saturated heterocycles. The second kappa shape index (κ2) is 6.00. The van der Waals surface area contributed by atoms with Crippen LogP contribution < -0.4 is 4.46 Å². The molecule has 0 heterocycles. The number of Topliss-reactive ketones (excluding diaryl/α,β-unsaturated/α-hetero) is 1. The number of carbonyl (C=O) groups is 1. The molecule has 0 saturated carbocycles. The Morgan fingerprint density at radius 2 is 1.93 bits per heavy atom. The van der Waals surface area contributed by atoms with E-state index in [0.717, 1.165) is 11.7 Å². The van der Waals surface area contributed by atoms with E-state index in [2.05, 4.69) is 26.0 Å². The van der Waals surface area contributed by atoms with Gasteiger partial charge in [0.1, 0.15) is 0 Å². The van der Waals surface area contributed by atoms with Gasteiger partial charge in [-0.05, 0) is 0 Å². The third-order valence-corrected chi connectivity index (χ3v) is 4.03. The molecule has 0 aliphatic heterocycles. The van der Waals surface area contributed by atoms with Crippen LogP contribution in [0.5, 0.6) is 0 Å². The molecule has 0 amide bonds. The second-order valence-electron chi connectivity index (χ2n) is 3.74. The van der Waals surface area contributed by atoms with Crippen LogP contribution in [0.25, 0.3) is 0 Å². The van der Waals surface area contributed by atoms with Crippen molar-refractivity contribution in [2.75, 3.05) is 0 Å². The molecule has 0 aliphatic rings. The Labute approximate surface area is 92.1 Å². The van der Waals surface area contributed by atoms with Crippen LogP contribution in [0.1, 0.15) is 20.3 Å². The Morgan fingerprint density at radius 1 is 1.29 bits per heavy atom. The summed E-state index contributed by atoms with van der Waals surface area (Å²) < 4.78 is 1.32. The van der Waals surface area contributed by atoms with Crippen molar-refractivity contribution in [3.63, 3.8) is 0 Å². The SMILES string of the molecule is CC(C)CC(=O)C[Se]c1ccccc1. The zero-order valence-electron chi connectivity index (χ0n) is 8.69. The van der Waals surface area contributed by atoms with Crippen LogP contribution in [-0.4, -0.2) is 20.7 Å². The second-order valence-corrected chi connectivity index (χ2v) is 5.94. The molecule has 1 aromatic carbocycles. The molecule has 2 heteroatoms. The van der Waals surface area contributed by atoms with Crippen molar-refractivity contribution in [3.05, 3.63) is 30.3 Å². The van der Waals surface area contributed by atoms with Gasteiger partial charge in [-0.3, -0.25) is 0 Å². The van der Waals surface area contributed by atoms with E-state index in [1.807, 2.05) is 18.2 Å². The van der Waals surface area contributed by atoms with Crippen molar-refractivity contribution in [2.24, 2.45) is 5.92 Å². The maximum absolute atomic E-state index is 11.4. The van der Waals surface area contributed by atoms with Crippen molar-refractivity contribution in [3.8, 4) is 0 Å². The number of hydrogen-bond acceptors (Lipinski definition) is 1. The summed E-state index contributed by atoms with van der Waals surface area (Å²) in [7, 11) is 0. The minimum absolute atomic E-state index is 0.327. The molecule has 0 atom stereocenters. The quantitative estimate of drug-likeness (QED) is 0.736. The van der Waals surface area contributed by atoms with E-state index in [-0.39, 0.29) is 0 Å². The Morgan fingerprint density at radius 3 is 2.50 bits per heavy atom. The molecular formula is C12H16OSe. The molecule has 14 heavy (non-hydrogen) atoms. The average Bonchev–Trinajstić information content (AvgIpc) is 2.15. The van der Waals surface area contributed by atoms with Gasteiger partial charge in [-0.25, -0.2) is 0 Å². The predicted octanol–water partition coefficient (Wildman–Crippen LogP) is 2.05. The molecule has 0 aliphatic carbocycles. The van der Waals surface area contributed by atoms with Gasteiger partial charge in [0.05, 0.1) is 0 Å². The van der Waals surface area contributed by atoms with E-state index < -0.39 is 0 Å². The standard InChI is InChI=1S/C12H16OSe/c1-10(2)8-11(13)9-14-12-6-4-3-5-7-12/h3-7,10H,8-9H2,1-2H3. The summed E-state index contributed by atoms with van der Waals surface area (Å²) in [6.45, 7) is 4.18. The summed E-state index contributed by atoms with van der Waals surface area (Å²) in [5.74, 6) is 0.901. The molecule has 1 aromatic rings. The van der Waals surface area contributed by atoms with Crippen molar-refractivity contribution >= 4 is 25.2 Å². The molecule has 0 bridgehead atoms. The number of carbonyl (C=O) groups excluding carboxylic acids is 1. The number of rotatable bonds is 5. The summed E-state index contributed by atoms with van der Waals surface area (Å²) >= 11 is 0.327. The average molecular weight is 255 g/mol. The van der Waals surface area contributed by atoms with Crippen LogP contribution in [-0.2, 0) is 4.79 Å². The monoisotopic (exact) mass is 256 g/mol. The van der Waals surface area contributed by atoms with Gasteiger partial charge in [-0.15, -0.1) is 0 Å². The maximum atomic E-state index is 11.4. The van der Waals surface area contributed by atoms with Gasteiger partial charge in [-0.2, -0.15) is 0 Å². The zero-order valence-corrected chi connectivity index (χ0v) is 10.4. The van der Waals surface area contributed by atoms with E-state index in [1.54, 1.807) is 0 Å². The first-order valence-electron chi connectivity index (χ1n) is 4.88. The predicted molar refractivity (Wildman–Crippen MR) is 61.1 cm³/mol. The minimum atomic E-state index is 0.327. The van der Waals surface area contributed by atoms with E-state index >= 15 is 0 Å². The van der Waals surface area contributed by atoms with Gasteiger partial charge in [0.2, 0.25) is 0 Å². The van der Waals surface area contributed by atoms with Gasteiger partial charge in [-0.1, -0.05) is 0 Å². The molecule has 0 fully saturated rings. The first kappa shape index (κ1) is 11.5. The van der Waals surface area contributed by atoms with Gasteiger partial charge in [0.25, 0.3) is 0 Å². The molecule has 0 aromatic heterocycles. The first-order valence-corrected chi connectivity index (χ1v) is 6.95. The molecule has 0 unspecified atom stereocenters. The van der Waals surface area contributed by atoms with Crippen molar-refractivity contribution in [1.82, 2.24) is 0 Å². The third-order valence-electron chi connectivity index (χ3n) is 1.78. The summed E-state index contributed by atoms with van der Waals surface area (Å²) in [6.07, 6.45) is 0.731. The Kier molecular flexibility index (Phi) is 4.92. The Hall–Kier alpha value is -0.591. The van der Waals surface area contributed by atoms with Crippen LogP contribution in [0.2, 0.25) is 5.32 Å². The first-order chi connectivity index (χ1) is 6.68. The van der Waals surface area contributed by atoms with Crippen LogP contribution >= 0.6 is 0 Å². The third kappa shape index (κ3) is 4.59. The summed E-state index contributed by atoms with van der Waals surface area (Å²) in [6, 6.07) is 10.3. The molecule has 0 radical (unpaired) electrons. The molecule has 1 rings (SSSR count). The van der Waals surface area contributed by atoms with Crippen molar-refractivity contribution in [2.45, 2.75) is 25.6 Å². The van der Waals surface area contributed by atoms with E-state index in [4.69, 9.17) is 0 Å². The molecular weight excluding hydrogens is 239 g/mol. The van der Waals surface area contributed by atoms with E-state index in [0.29, 0.717) is 26.7 Å². The summed E-state index contributed by atoms with van der Waals surface area (Å²) in [5.41, 5.74) is 0. The van der Waals surface area contributed by atoms with Crippen LogP contribution in [0, 0.1) is 5.92 Å². The fourth-order valence-corrected chi connectivity index (χ4v) is 2.86. The zero-order chi connectivity index (χ0) is 10.4. The van der Waals surface area contributed by atoms with Gasteiger partial charge in [0.15, 0.2) is 0 Å². The fourth-order valence-electron chi connectivity index (χ4n) is 1.19. The van der Waals surface area contributed by atoms with Crippen LogP contribution in [0.15, 0.2) is 30.3 Å².